The first-order chi connectivity index (χ1) is 10.8. The lowest BCUT2D eigenvalue weighted by atomic mass is 10.1. The molecule has 2 rings (SSSR count). The van der Waals surface area contributed by atoms with Crippen LogP contribution in [0.15, 0.2) is 24.3 Å². The number of hydrogen-bond acceptors (Lipinski definition) is 4. The quantitative estimate of drug-likeness (QED) is 0.919. The summed E-state index contributed by atoms with van der Waals surface area (Å²) >= 11 is 6.12. The van der Waals surface area contributed by atoms with Crippen molar-refractivity contribution >= 4 is 17.7 Å². The molecule has 6 heteroatoms. The van der Waals surface area contributed by atoms with Crippen LogP contribution in [-0.2, 0) is 4.74 Å². The van der Waals surface area contributed by atoms with Crippen molar-refractivity contribution < 1.29 is 14.6 Å². The SMILES string of the molecule is CC(C)(C)OC(=O)N1CCN(CC(O)c2ccccc2Cl)CC1. The first kappa shape index (κ1) is 18.0. The molecule has 0 aromatic heterocycles. The second kappa shape index (κ2) is 7.51. The lowest BCUT2D eigenvalue weighted by Gasteiger charge is -2.36. The van der Waals surface area contributed by atoms with Crippen LogP contribution in [0.1, 0.15) is 32.4 Å². The van der Waals surface area contributed by atoms with Gasteiger partial charge >= 0.3 is 6.09 Å². The molecule has 0 radical (unpaired) electrons. The number of aliphatic hydroxyl groups excluding tert-OH is 1. The first-order valence-electron chi connectivity index (χ1n) is 7.89. The van der Waals surface area contributed by atoms with Crippen molar-refractivity contribution in [2.75, 3.05) is 32.7 Å². The fourth-order valence-electron chi connectivity index (χ4n) is 2.53. The second-order valence-corrected chi connectivity index (χ2v) is 7.21. The number of rotatable bonds is 3. The Kier molecular flexibility index (Phi) is 5.89. The largest absolute Gasteiger partial charge is 0.444 e. The molecule has 0 saturated carbocycles. The van der Waals surface area contributed by atoms with Crippen LogP contribution in [0.5, 0.6) is 0 Å². The number of halogens is 1. The van der Waals surface area contributed by atoms with Crippen molar-refractivity contribution in [1.29, 1.82) is 0 Å². The smallest absolute Gasteiger partial charge is 0.410 e. The summed E-state index contributed by atoms with van der Waals surface area (Å²) in [4.78, 5) is 15.9. The molecule has 1 unspecified atom stereocenters. The van der Waals surface area contributed by atoms with Gasteiger partial charge in [-0.1, -0.05) is 29.8 Å². The van der Waals surface area contributed by atoms with Crippen molar-refractivity contribution in [2.45, 2.75) is 32.5 Å². The van der Waals surface area contributed by atoms with Gasteiger partial charge < -0.3 is 14.7 Å². The maximum Gasteiger partial charge on any atom is 0.410 e. The van der Waals surface area contributed by atoms with Crippen molar-refractivity contribution in [1.82, 2.24) is 9.80 Å². The van der Waals surface area contributed by atoms with Gasteiger partial charge in [-0.05, 0) is 26.8 Å². The lowest BCUT2D eigenvalue weighted by Crippen LogP contribution is -2.50. The van der Waals surface area contributed by atoms with E-state index in [1.54, 1.807) is 11.0 Å². The Labute approximate surface area is 142 Å². The zero-order valence-electron chi connectivity index (χ0n) is 14.0. The molecule has 0 bridgehead atoms. The maximum absolute atomic E-state index is 12.0. The van der Waals surface area contributed by atoms with E-state index in [9.17, 15) is 9.90 Å². The van der Waals surface area contributed by atoms with Crippen LogP contribution in [-0.4, -0.2) is 59.3 Å². The van der Waals surface area contributed by atoms with Gasteiger partial charge in [0.15, 0.2) is 0 Å². The van der Waals surface area contributed by atoms with Crippen molar-refractivity contribution in [3.63, 3.8) is 0 Å². The summed E-state index contributed by atoms with van der Waals surface area (Å²) in [5.41, 5.74) is 0.262. The van der Waals surface area contributed by atoms with Crippen molar-refractivity contribution in [2.24, 2.45) is 0 Å². The summed E-state index contributed by atoms with van der Waals surface area (Å²) in [5, 5.41) is 10.9. The van der Waals surface area contributed by atoms with E-state index in [0.29, 0.717) is 37.7 Å². The fraction of sp³-hybridized carbons (Fsp3) is 0.588. The Morgan fingerprint density at radius 1 is 1.26 bits per heavy atom. The van der Waals surface area contributed by atoms with E-state index >= 15 is 0 Å². The van der Waals surface area contributed by atoms with Crippen LogP contribution in [0.4, 0.5) is 4.79 Å². The minimum Gasteiger partial charge on any atom is -0.444 e. The predicted molar refractivity (Wildman–Crippen MR) is 90.7 cm³/mol. The Bertz CT molecular complexity index is 537. The zero-order chi connectivity index (χ0) is 17.0. The molecule has 1 aromatic rings. The highest BCUT2D eigenvalue weighted by Crippen LogP contribution is 2.23. The average Bonchev–Trinajstić information content (AvgIpc) is 2.46. The van der Waals surface area contributed by atoms with E-state index in [0.717, 1.165) is 5.56 Å². The molecule has 1 N–H and O–H groups in total. The number of β-amino-alcohol motifs (C(OH)–C–C–N with tert-alkyl or cyclic N) is 1. The van der Waals surface area contributed by atoms with E-state index < -0.39 is 11.7 Å². The molecule has 1 aliphatic rings. The maximum atomic E-state index is 12.0. The van der Waals surface area contributed by atoms with Crippen LogP contribution >= 0.6 is 11.6 Å². The third kappa shape index (κ3) is 5.37. The molecular weight excluding hydrogens is 316 g/mol. The number of hydrogen-bond donors (Lipinski definition) is 1. The van der Waals surface area contributed by atoms with Crippen LogP contribution in [0.2, 0.25) is 5.02 Å². The molecule has 1 saturated heterocycles. The van der Waals surface area contributed by atoms with Gasteiger partial charge in [0.25, 0.3) is 0 Å². The van der Waals surface area contributed by atoms with Crippen molar-refractivity contribution in [3.05, 3.63) is 34.9 Å². The summed E-state index contributed by atoms with van der Waals surface area (Å²) in [5.74, 6) is 0. The highest BCUT2D eigenvalue weighted by atomic mass is 35.5. The van der Waals surface area contributed by atoms with Gasteiger partial charge in [-0.2, -0.15) is 0 Å². The molecule has 1 aliphatic heterocycles. The third-order valence-corrected chi connectivity index (χ3v) is 4.06. The van der Waals surface area contributed by atoms with Crippen LogP contribution in [0.25, 0.3) is 0 Å². The van der Waals surface area contributed by atoms with Crippen molar-refractivity contribution in [3.8, 4) is 0 Å². The normalized spacial score (nSPS) is 17.9. The summed E-state index contributed by atoms with van der Waals surface area (Å²) in [6, 6.07) is 7.33. The highest BCUT2D eigenvalue weighted by Gasteiger charge is 2.27. The fourth-order valence-corrected chi connectivity index (χ4v) is 2.79. The Morgan fingerprint density at radius 3 is 2.43 bits per heavy atom. The molecule has 1 heterocycles. The molecule has 1 amide bonds. The van der Waals surface area contributed by atoms with Gasteiger partial charge in [0.05, 0.1) is 6.10 Å². The number of aliphatic hydroxyl groups is 1. The summed E-state index contributed by atoms with van der Waals surface area (Å²) < 4.78 is 5.38. The Hall–Kier alpha value is -1.30. The number of nitrogens with zero attached hydrogens (tertiary/aromatic N) is 2. The molecule has 0 aliphatic carbocycles. The monoisotopic (exact) mass is 340 g/mol. The van der Waals surface area contributed by atoms with E-state index in [2.05, 4.69) is 4.90 Å². The summed E-state index contributed by atoms with van der Waals surface area (Å²) in [6.07, 6.45) is -0.902. The lowest BCUT2D eigenvalue weighted by molar-refractivity contribution is 0.0101. The summed E-state index contributed by atoms with van der Waals surface area (Å²) in [6.45, 7) is 8.71. The van der Waals surface area contributed by atoms with Gasteiger partial charge in [-0.3, -0.25) is 4.90 Å². The number of ether oxygens (including phenoxy) is 1. The molecule has 128 valence electrons. The number of benzene rings is 1. The van der Waals surface area contributed by atoms with Gasteiger partial charge in [0.1, 0.15) is 5.60 Å². The van der Waals surface area contributed by atoms with Gasteiger partial charge in [0, 0.05) is 43.3 Å². The molecular formula is C17H25ClN2O3. The van der Waals surface area contributed by atoms with Crippen LogP contribution < -0.4 is 0 Å². The standard InChI is InChI=1S/C17H25ClN2O3/c1-17(2,3)23-16(22)20-10-8-19(9-11-20)12-15(21)13-6-4-5-7-14(13)18/h4-7,15,21H,8-12H2,1-3H3. The van der Waals surface area contributed by atoms with Gasteiger partial charge in [-0.15, -0.1) is 0 Å². The molecule has 1 aromatic carbocycles. The summed E-state index contributed by atoms with van der Waals surface area (Å²) in [7, 11) is 0. The molecule has 0 spiro atoms. The molecule has 5 nitrogen and oxygen atoms in total. The predicted octanol–water partition coefficient (Wildman–Crippen LogP) is 2.93. The van der Waals surface area contributed by atoms with E-state index in [1.165, 1.54) is 0 Å². The van der Waals surface area contributed by atoms with E-state index in [4.69, 9.17) is 16.3 Å². The topological polar surface area (TPSA) is 53.0 Å². The minimum absolute atomic E-state index is 0.274. The van der Waals surface area contributed by atoms with E-state index in [-0.39, 0.29) is 6.09 Å². The average molecular weight is 341 g/mol. The first-order valence-corrected chi connectivity index (χ1v) is 8.27. The van der Waals surface area contributed by atoms with Gasteiger partial charge in [-0.25, -0.2) is 4.79 Å². The number of carbonyl (C=O) groups is 1. The van der Waals surface area contributed by atoms with Crippen LogP contribution in [0.3, 0.4) is 0 Å². The number of piperazine rings is 1. The third-order valence-electron chi connectivity index (χ3n) is 3.72. The molecule has 23 heavy (non-hydrogen) atoms. The number of carbonyl (C=O) groups excluding carboxylic acids is 1. The Morgan fingerprint density at radius 2 is 1.87 bits per heavy atom. The zero-order valence-corrected chi connectivity index (χ0v) is 14.7. The van der Waals surface area contributed by atoms with Crippen LogP contribution in [0, 0.1) is 0 Å². The number of amides is 1. The second-order valence-electron chi connectivity index (χ2n) is 6.81. The minimum atomic E-state index is -0.628. The molecule has 1 atom stereocenters. The van der Waals surface area contributed by atoms with Gasteiger partial charge in [0.2, 0.25) is 0 Å². The highest BCUT2D eigenvalue weighted by molar-refractivity contribution is 6.31. The molecule has 1 fully saturated rings. The van der Waals surface area contributed by atoms with E-state index in [1.807, 2.05) is 39.0 Å². The Balaban J connectivity index is 1.83.